The molecule has 1 atom stereocenters. The third-order valence-electron chi connectivity index (χ3n) is 2.21. The van der Waals surface area contributed by atoms with E-state index in [1.54, 1.807) is 19.1 Å². The summed E-state index contributed by atoms with van der Waals surface area (Å²) in [6.45, 7) is 1.55. The van der Waals surface area contributed by atoms with Crippen LogP contribution in [0.3, 0.4) is 0 Å². The third kappa shape index (κ3) is 3.69. The summed E-state index contributed by atoms with van der Waals surface area (Å²) in [5.74, 6) is -1.23. The molecule has 0 bridgehead atoms. The molecule has 0 aliphatic rings. The van der Waals surface area contributed by atoms with E-state index in [0.29, 0.717) is 14.6 Å². The Bertz CT molecular complexity index is 482. The molecule has 0 aromatic heterocycles. The van der Waals surface area contributed by atoms with Crippen LogP contribution in [-0.4, -0.2) is 17.0 Å². The number of halogens is 3. The summed E-state index contributed by atoms with van der Waals surface area (Å²) in [6, 6.07) is 3.60. The zero-order valence-corrected chi connectivity index (χ0v) is 14.0. The Hall–Kier alpha value is -0.600. The number of benzene rings is 1. The van der Waals surface area contributed by atoms with Crippen LogP contribution in [0.4, 0.5) is 5.69 Å². The summed E-state index contributed by atoms with van der Waals surface area (Å²) in [4.78, 5) is 11.9. The number of amides is 1. The minimum atomic E-state index is -0.725. The van der Waals surface area contributed by atoms with E-state index < -0.39 is 5.92 Å². The van der Waals surface area contributed by atoms with Crippen LogP contribution in [0.2, 0.25) is 0 Å². The molecule has 1 aromatic rings. The maximum absolute atomic E-state index is 11.9. The van der Waals surface area contributed by atoms with Crippen molar-refractivity contribution in [3.8, 4) is 0 Å². The highest BCUT2D eigenvalue weighted by Gasteiger charge is 2.19. The van der Waals surface area contributed by atoms with Crippen molar-refractivity contribution in [3.63, 3.8) is 0 Å². The molecule has 0 fully saturated rings. The number of nitrogens with one attached hydrogen (secondary N) is 1. The molecule has 1 unspecified atom stereocenters. The average molecular weight is 444 g/mol. The fraction of sp³-hybridized carbons (Fsp3) is 0.200. The smallest absolute Gasteiger partial charge is 0.234 e. The topological polar surface area (TPSA) is 87.7 Å². The van der Waals surface area contributed by atoms with Crippen molar-refractivity contribution in [2.45, 2.75) is 6.92 Å². The first-order valence-electron chi connectivity index (χ1n) is 4.79. The van der Waals surface area contributed by atoms with E-state index in [2.05, 4.69) is 58.3 Å². The molecular formula is C10H10Br3N3O2. The molecule has 1 rings (SSSR count). The Balaban J connectivity index is 2.96. The molecule has 0 saturated carbocycles. The van der Waals surface area contributed by atoms with Crippen LogP contribution in [0.25, 0.3) is 0 Å². The van der Waals surface area contributed by atoms with Gasteiger partial charge in [-0.25, -0.2) is 0 Å². The maximum Gasteiger partial charge on any atom is 0.234 e. The van der Waals surface area contributed by atoms with Gasteiger partial charge in [-0.05, 0) is 50.9 Å². The Morgan fingerprint density at radius 1 is 1.39 bits per heavy atom. The minimum absolute atomic E-state index is 0.142. The summed E-state index contributed by atoms with van der Waals surface area (Å²) in [5, 5.41) is 14.0. The Morgan fingerprint density at radius 2 is 1.89 bits per heavy atom. The number of anilines is 1. The number of carbonyl (C=O) groups excluding carboxylic acids is 1. The summed E-state index contributed by atoms with van der Waals surface area (Å²) < 4.78 is 2.29. The largest absolute Gasteiger partial charge is 0.409 e. The fourth-order valence-corrected chi connectivity index (χ4v) is 3.57. The molecule has 0 aliphatic carbocycles. The molecule has 5 nitrogen and oxygen atoms in total. The third-order valence-corrected chi connectivity index (χ3v) is 3.92. The molecule has 98 valence electrons. The van der Waals surface area contributed by atoms with Gasteiger partial charge in [-0.15, -0.1) is 0 Å². The minimum Gasteiger partial charge on any atom is -0.409 e. The van der Waals surface area contributed by atoms with Gasteiger partial charge in [0.2, 0.25) is 5.91 Å². The second kappa shape index (κ2) is 6.53. The maximum atomic E-state index is 11.9. The quantitative estimate of drug-likeness (QED) is 0.290. The molecule has 1 aromatic carbocycles. The second-order valence-electron chi connectivity index (χ2n) is 3.48. The highest BCUT2D eigenvalue weighted by atomic mass is 79.9. The summed E-state index contributed by atoms with van der Waals surface area (Å²) in [7, 11) is 0. The summed E-state index contributed by atoms with van der Waals surface area (Å²) in [5.41, 5.74) is 5.96. The van der Waals surface area contributed by atoms with Crippen molar-refractivity contribution in [2.75, 3.05) is 5.32 Å². The van der Waals surface area contributed by atoms with E-state index in [-0.39, 0.29) is 11.7 Å². The first-order valence-corrected chi connectivity index (χ1v) is 7.17. The van der Waals surface area contributed by atoms with Gasteiger partial charge < -0.3 is 16.3 Å². The lowest BCUT2D eigenvalue weighted by Gasteiger charge is -2.13. The molecule has 0 aliphatic heterocycles. The van der Waals surface area contributed by atoms with Crippen LogP contribution in [0.15, 0.2) is 30.7 Å². The van der Waals surface area contributed by atoms with Crippen LogP contribution in [0, 0.1) is 5.92 Å². The van der Waals surface area contributed by atoms with Crippen molar-refractivity contribution in [1.82, 2.24) is 0 Å². The van der Waals surface area contributed by atoms with Crippen LogP contribution in [0.1, 0.15) is 6.92 Å². The zero-order chi connectivity index (χ0) is 13.9. The number of nitrogens with zero attached hydrogens (tertiary/aromatic N) is 1. The van der Waals surface area contributed by atoms with E-state index in [1.165, 1.54) is 0 Å². The van der Waals surface area contributed by atoms with Gasteiger partial charge >= 0.3 is 0 Å². The molecule has 0 spiro atoms. The molecule has 8 heteroatoms. The lowest BCUT2D eigenvalue weighted by atomic mass is 10.1. The predicted octanol–water partition coefficient (Wildman–Crippen LogP) is 3.30. The van der Waals surface area contributed by atoms with Crippen molar-refractivity contribution in [3.05, 3.63) is 25.6 Å². The summed E-state index contributed by atoms with van der Waals surface area (Å²) >= 11 is 10.0. The van der Waals surface area contributed by atoms with E-state index >= 15 is 0 Å². The van der Waals surface area contributed by atoms with Gasteiger partial charge in [-0.3, -0.25) is 4.79 Å². The number of amidine groups is 1. The average Bonchev–Trinajstić information content (AvgIpc) is 2.31. The number of hydrogen-bond acceptors (Lipinski definition) is 3. The monoisotopic (exact) mass is 441 g/mol. The van der Waals surface area contributed by atoms with Crippen LogP contribution in [0.5, 0.6) is 0 Å². The Kier molecular flexibility index (Phi) is 5.61. The van der Waals surface area contributed by atoms with Crippen molar-refractivity contribution < 1.29 is 10.0 Å². The van der Waals surface area contributed by atoms with Crippen molar-refractivity contribution in [2.24, 2.45) is 16.8 Å². The Morgan fingerprint density at radius 3 is 2.33 bits per heavy atom. The molecule has 1 amide bonds. The highest BCUT2D eigenvalue weighted by Crippen LogP contribution is 2.34. The van der Waals surface area contributed by atoms with E-state index in [4.69, 9.17) is 10.9 Å². The number of oxime groups is 1. The first kappa shape index (κ1) is 15.5. The molecule has 0 heterocycles. The van der Waals surface area contributed by atoms with Crippen molar-refractivity contribution >= 4 is 65.2 Å². The van der Waals surface area contributed by atoms with Gasteiger partial charge in [0.1, 0.15) is 0 Å². The molecular weight excluding hydrogens is 434 g/mol. The number of carbonyl (C=O) groups is 1. The van der Waals surface area contributed by atoms with Gasteiger partial charge in [-0.1, -0.05) is 21.1 Å². The van der Waals surface area contributed by atoms with Gasteiger partial charge in [0.05, 0.1) is 11.6 Å². The van der Waals surface area contributed by atoms with Gasteiger partial charge in [0.25, 0.3) is 0 Å². The summed E-state index contributed by atoms with van der Waals surface area (Å²) in [6.07, 6.45) is 0. The van der Waals surface area contributed by atoms with E-state index in [9.17, 15) is 4.79 Å². The molecule has 0 saturated heterocycles. The number of rotatable bonds is 3. The first-order chi connectivity index (χ1) is 8.36. The predicted molar refractivity (Wildman–Crippen MR) is 80.7 cm³/mol. The number of hydrogen-bond donors (Lipinski definition) is 3. The molecule has 4 N–H and O–H groups in total. The normalized spacial score (nSPS) is 13.2. The lowest BCUT2D eigenvalue weighted by Crippen LogP contribution is -2.32. The molecule has 0 radical (unpaired) electrons. The highest BCUT2D eigenvalue weighted by molar-refractivity contribution is 9.11. The van der Waals surface area contributed by atoms with Crippen LogP contribution < -0.4 is 11.1 Å². The van der Waals surface area contributed by atoms with Crippen LogP contribution in [-0.2, 0) is 4.79 Å². The fourth-order valence-electron chi connectivity index (χ4n) is 1.11. The van der Waals surface area contributed by atoms with E-state index in [0.717, 1.165) is 4.47 Å². The lowest BCUT2D eigenvalue weighted by molar-refractivity contribution is -0.117. The SMILES string of the molecule is CC(C(=O)Nc1c(Br)cc(Br)cc1Br)C(N)=NO. The Labute approximate surface area is 129 Å². The van der Waals surface area contributed by atoms with Crippen molar-refractivity contribution in [1.29, 1.82) is 0 Å². The standard InChI is InChI=1S/C10H10Br3N3O2/c1-4(9(14)16-18)10(17)15-8-6(12)2-5(11)3-7(8)13/h2-4,18H,1H3,(H2,14,16)(H,15,17). The molecule has 18 heavy (non-hydrogen) atoms. The van der Waals surface area contributed by atoms with Crippen LogP contribution >= 0.6 is 47.8 Å². The second-order valence-corrected chi connectivity index (χ2v) is 6.10. The van der Waals surface area contributed by atoms with Gasteiger partial charge in [0, 0.05) is 13.4 Å². The number of nitrogens with two attached hydrogens (primary N) is 1. The van der Waals surface area contributed by atoms with Gasteiger partial charge in [-0.2, -0.15) is 0 Å². The van der Waals surface area contributed by atoms with Gasteiger partial charge in [0.15, 0.2) is 5.84 Å². The zero-order valence-electron chi connectivity index (χ0n) is 9.25. The van der Waals surface area contributed by atoms with E-state index in [1.807, 2.05) is 0 Å².